The van der Waals surface area contributed by atoms with Gasteiger partial charge in [0.2, 0.25) is 11.7 Å². The van der Waals surface area contributed by atoms with Crippen LogP contribution in [0.5, 0.6) is 5.75 Å². The Morgan fingerprint density at radius 2 is 2.24 bits per heavy atom. The first-order valence-electron chi connectivity index (χ1n) is 5.40. The second-order valence-corrected chi connectivity index (χ2v) is 3.70. The van der Waals surface area contributed by atoms with E-state index in [1.54, 1.807) is 7.11 Å². The van der Waals surface area contributed by atoms with Gasteiger partial charge in [0.15, 0.2) is 0 Å². The minimum Gasteiger partial charge on any atom is -0.497 e. The van der Waals surface area contributed by atoms with Crippen LogP contribution in [-0.2, 0) is 0 Å². The van der Waals surface area contributed by atoms with Crippen LogP contribution in [0, 0.1) is 0 Å². The second-order valence-electron chi connectivity index (χ2n) is 3.70. The Bertz CT molecular complexity index is 496. The molecule has 0 aliphatic carbocycles. The Labute approximate surface area is 99.8 Å². The number of nitrogens with zero attached hydrogens (tertiary/aromatic N) is 2. The van der Waals surface area contributed by atoms with E-state index in [4.69, 9.17) is 9.26 Å². The first-order chi connectivity index (χ1) is 8.24. The predicted molar refractivity (Wildman–Crippen MR) is 63.8 cm³/mol. The van der Waals surface area contributed by atoms with Gasteiger partial charge in [-0.15, -0.1) is 0 Å². The van der Waals surface area contributed by atoms with Crippen molar-refractivity contribution in [2.75, 3.05) is 14.2 Å². The molecule has 5 heteroatoms. The molecule has 0 fully saturated rings. The largest absolute Gasteiger partial charge is 0.497 e. The molecule has 0 saturated carbocycles. The van der Waals surface area contributed by atoms with Crippen molar-refractivity contribution in [2.24, 2.45) is 0 Å². The van der Waals surface area contributed by atoms with Gasteiger partial charge in [0.05, 0.1) is 13.2 Å². The maximum absolute atomic E-state index is 5.18. The van der Waals surface area contributed by atoms with Gasteiger partial charge in [0, 0.05) is 5.56 Å². The highest BCUT2D eigenvalue weighted by Crippen LogP contribution is 2.22. The fourth-order valence-electron chi connectivity index (χ4n) is 1.41. The van der Waals surface area contributed by atoms with Crippen LogP contribution in [0.15, 0.2) is 28.8 Å². The van der Waals surface area contributed by atoms with Gasteiger partial charge in [-0.2, -0.15) is 4.98 Å². The molecule has 1 aromatic heterocycles. The van der Waals surface area contributed by atoms with Crippen molar-refractivity contribution in [3.63, 3.8) is 0 Å². The topological polar surface area (TPSA) is 60.2 Å². The summed E-state index contributed by atoms with van der Waals surface area (Å²) in [6.07, 6.45) is 0. The number of hydrogen-bond acceptors (Lipinski definition) is 5. The first kappa shape index (κ1) is 11.6. The molecule has 1 heterocycles. The van der Waals surface area contributed by atoms with E-state index in [1.165, 1.54) is 0 Å². The third kappa shape index (κ3) is 2.45. The van der Waals surface area contributed by atoms with Crippen LogP contribution in [0.4, 0.5) is 0 Å². The number of hydrogen-bond donors (Lipinski definition) is 1. The van der Waals surface area contributed by atoms with E-state index in [-0.39, 0.29) is 6.04 Å². The Kier molecular flexibility index (Phi) is 3.39. The second kappa shape index (κ2) is 4.97. The van der Waals surface area contributed by atoms with Gasteiger partial charge in [0.25, 0.3) is 0 Å². The maximum atomic E-state index is 5.18. The highest BCUT2D eigenvalue weighted by atomic mass is 16.5. The zero-order chi connectivity index (χ0) is 12.3. The lowest BCUT2D eigenvalue weighted by molar-refractivity contribution is 0.347. The summed E-state index contributed by atoms with van der Waals surface area (Å²) in [6.45, 7) is 1.96. The van der Waals surface area contributed by atoms with Crippen molar-refractivity contribution >= 4 is 0 Å². The van der Waals surface area contributed by atoms with Gasteiger partial charge in [-0.05, 0) is 26.1 Å². The lowest BCUT2D eigenvalue weighted by atomic mass is 10.2. The highest BCUT2D eigenvalue weighted by Gasteiger charge is 2.13. The zero-order valence-electron chi connectivity index (χ0n) is 10.1. The Hall–Kier alpha value is -1.88. The van der Waals surface area contributed by atoms with Gasteiger partial charge >= 0.3 is 0 Å². The standard InChI is InChI=1S/C12H15N3O2/c1-8(13-2)12-14-11(15-17-12)9-5-4-6-10(7-9)16-3/h4-8,13H,1-3H3. The minimum atomic E-state index is 0.0434. The summed E-state index contributed by atoms with van der Waals surface area (Å²) in [5, 5.41) is 7.00. The lowest BCUT2D eigenvalue weighted by Gasteiger charge is -2.02. The summed E-state index contributed by atoms with van der Waals surface area (Å²) in [6, 6.07) is 7.61. The molecule has 5 nitrogen and oxygen atoms in total. The smallest absolute Gasteiger partial charge is 0.243 e. The number of aromatic nitrogens is 2. The average Bonchev–Trinajstić information content (AvgIpc) is 2.87. The zero-order valence-corrected chi connectivity index (χ0v) is 10.1. The van der Waals surface area contributed by atoms with Crippen molar-refractivity contribution in [1.82, 2.24) is 15.5 Å². The molecule has 0 amide bonds. The van der Waals surface area contributed by atoms with Crippen LogP contribution in [0.3, 0.4) is 0 Å². The summed E-state index contributed by atoms with van der Waals surface area (Å²) in [4.78, 5) is 4.33. The third-order valence-electron chi connectivity index (χ3n) is 2.57. The molecule has 0 aliphatic rings. The van der Waals surface area contributed by atoms with Gasteiger partial charge in [0.1, 0.15) is 5.75 Å². The number of rotatable bonds is 4. The van der Waals surface area contributed by atoms with Crippen LogP contribution in [0.2, 0.25) is 0 Å². The Morgan fingerprint density at radius 3 is 2.94 bits per heavy atom. The van der Waals surface area contributed by atoms with E-state index in [0.717, 1.165) is 11.3 Å². The number of methoxy groups -OCH3 is 1. The molecule has 1 aromatic carbocycles. The number of nitrogens with one attached hydrogen (secondary N) is 1. The normalized spacial score (nSPS) is 12.4. The maximum Gasteiger partial charge on any atom is 0.243 e. The van der Waals surface area contributed by atoms with Crippen LogP contribution < -0.4 is 10.1 Å². The van der Waals surface area contributed by atoms with Gasteiger partial charge in [-0.1, -0.05) is 17.3 Å². The van der Waals surface area contributed by atoms with E-state index in [9.17, 15) is 0 Å². The molecule has 1 atom stereocenters. The quantitative estimate of drug-likeness (QED) is 0.875. The molecule has 0 radical (unpaired) electrons. The highest BCUT2D eigenvalue weighted by molar-refractivity contribution is 5.56. The van der Waals surface area contributed by atoms with Crippen molar-refractivity contribution in [1.29, 1.82) is 0 Å². The molecule has 90 valence electrons. The van der Waals surface area contributed by atoms with E-state index in [1.807, 2.05) is 38.2 Å². The third-order valence-corrected chi connectivity index (χ3v) is 2.57. The van der Waals surface area contributed by atoms with Crippen LogP contribution in [-0.4, -0.2) is 24.3 Å². The Morgan fingerprint density at radius 1 is 1.41 bits per heavy atom. The summed E-state index contributed by atoms with van der Waals surface area (Å²) in [5.74, 6) is 1.92. The number of benzene rings is 1. The lowest BCUT2D eigenvalue weighted by Crippen LogP contribution is -2.12. The summed E-state index contributed by atoms with van der Waals surface area (Å²) in [5.41, 5.74) is 0.877. The molecule has 1 N–H and O–H groups in total. The van der Waals surface area contributed by atoms with E-state index in [0.29, 0.717) is 11.7 Å². The first-order valence-corrected chi connectivity index (χ1v) is 5.40. The van der Waals surface area contributed by atoms with Crippen LogP contribution >= 0.6 is 0 Å². The van der Waals surface area contributed by atoms with Crippen molar-refractivity contribution in [3.05, 3.63) is 30.2 Å². The summed E-state index contributed by atoms with van der Waals surface area (Å²) < 4.78 is 10.3. The number of ether oxygens (including phenoxy) is 1. The van der Waals surface area contributed by atoms with Gasteiger partial charge < -0.3 is 14.6 Å². The van der Waals surface area contributed by atoms with Crippen molar-refractivity contribution < 1.29 is 9.26 Å². The van der Waals surface area contributed by atoms with Crippen molar-refractivity contribution in [2.45, 2.75) is 13.0 Å². The fraction of sp³-hybridized carbons (Fsp3) is 0.333. The molecule has 0 bridgehead atoms. The van der Waals surface area contributed by atoms with E-state index < -0.39 is 0 Å². The summed E-state index contributed by atoms with van der Waals surface area (Å²) in [7, 11) is 3.48. The monoisotopic (exact) mass is 233 g/mol. The molecular weight excluding hydrogens is 218 g/mol. The Balaban J connectivity index is 2.30. The molecule has 0 saturated heterocycles. The summed E-state index contributed by atoms with van der Waals surface area (Å²) >= 11 is 0. The minimum absolute atomic E-state index is 0.0434. The van der Waals surface area contributed by atoms with Gasteiger partial charge in [-0.25, -0.2) is 0 Å². The average molecular weight is 233 g/mol. The van der Waals surface area contributed by atoms with E-state index >= 15 is 0 Å². The predicted octanol–water partition coefficient (Wildman–Crippen LogP) is 2.03. The van der Waals surface area contributed by atoms with Crippen LogP contribution in [0.1, 0.15) is 18.9 Å². The molecular formula is C12H15N3O2. The molecule has 2 rings (SSSR count). The molecule has 1 unspecified atom stereocenters. The molecule has 0 spiro atoms. The molecule has 2 aromatic rings. The SMILES string of the molecule is CNC(C)c1nc(-c2cccc(OC)c2)no1. The fourth-order valence-corrected chi connectivity index (χ4v) is 1.41. The van der Waals surface area contributed by atoms with Gasteiger partial charge in [-0.3, -0.25) is 0 Å². The molecule has 0 aliphatic heterocycles. The van der Waals surface area contributed by atoms with E-state index in [2.05, 4.69) is 15.5 Å². The molecule has 17 heavy (non-hydrogen) atoms. The van der Waals surface area contributed by atoms with Crippen molar-refractivity contribution in [3.8, 4) is 17.1 Å². The van der Waals surface area contributed by atoms with Crippen LogP contribution in [0.25, 0.3) is 11.4 Å².